The lowest BCUT2D eigenvalue weighted by molar-refractivity contribution is 0.373. The Hall–Kier alpha value is -1.12. The molecule has 1 fully saturated rings. The van der Waals surface area contributed by atoms with Gasteiger partial charge in [-0.1, -0.05) is 19.3 Å². The van der Waals surface area contributed by atoms with E-state index in [0.29, 0.717) is 0 Å². The van der Waals surface area contributed by atoms with Crippen molar-refractivity contribution in [1.29, 1.82) is 0 Å². The molecule has 88 valence electrons. The molecule has 0 aromatic carbocycles. The highest BCUT2D eigenvalue weighted by Crippen LogP contribution is 2.24. The molecule has 0 radical (unpaired) electrons. The van der Waals surface area contributed by atoms with Crippen molar-refractivity contribution in [3.8, 4) is 0 Å². The standard InChI is InChI=1S/C13H21N3/c1-10-8-14-11(2)13(16-10)15-9-12-6-4-3-5-7-12/h8,12H,3-7,9H2,1-2H3,(H,15,16). The van der Waals surface area contributed by atoms with Crippen LogP contribution in [-0.2, 0) is 0 Å². The fourth-order valence-corrected chi connectivity index (χ4v) is 2.34. The summed E-state index contributed by atoms with van der Waals surface area (Å²) in [5.74, 6) is 1.79. The quantitative estimate of drug-likeness (QED) is 0.849. The van der Waals surface area contributed by atoms with Crippen LogP contribution >= 0.6 is 0 Å². The number of aryl methyl sites for hydroxylation is 2. The molecule has 0 saturated heterocycles. The predicted molar refractivity (Wildman–Crippen MR) is 66.6 cm³/mol. The highest BCUT2D eigenvalue weighted by atomic mass is 15.0. The molecule has 3 nitrogen and oxygen atoms in total. The monoisotopic (exact) mass is 219 g/mol. The highest BCUT2D eigenvalue weighted by Gasteiger charge is 2.13. The third kappa shape index (κ3) is 2.94. The van der Waals surface area contributed by atoms with Gasteiger partial charge in [0, 0.05) is 12.7 Å². The minimum absolute atomic E-state index is 0.829. The molecule has 0 spiro atoms. The summed E-state index contributed by atoms with van der Waals surface area (Å²) >= 11 is 0. The van der Waals surface area contributed by atoms with Gasteiger partial charge in [0.2, 0.25) is 0 Å². The Kier molecular flexibility index (Phi) is 3.75. The smallest absolute Gasteiger partial charge is 0.147 e. The summed E-state index contributed by atoms with van der Waals surface area (Å²) in [6.07, 6.45) is 8.76. The fourth-order valence-electron chi connectivity index (χ4n) is 2.34. The molecule has 1 aromatic rings. The zero-order valence-electron chi connectivity index (χ0n) is 10.3. The summed E-state index contributed by atoms with van der Waals surface area (Å²) in [7, 11) is 0. The van der Waals surface area contributed by atoms with Crippen molar-refractivity contribution in [2.45, 2.75) is 46.0 Å². The maximum absolute atomic E-state index is 4.48. The molecule has 3 heteroatoms. The summed E-state index contributed by atoms with van der Waals surface area (Å²) in [6, 6.07) is 0. The molecule has 0 amide bonds. The lowest BCUT2D eigenvalue weighted by Crippen LogP contribution is -2.18. The maximum Gasteiger partial charge on any atom is 0.147 e. The molecule has 0 unspecified atom stereocenters. The van der Waals surface area contributed by atoms with Gasteiger partial charge in [-0.3, -0.25) is 4.98 Å². The second-order valence-electron chi connectivity index (χ2n) is 4.83. The minimum atomic E-state index is 0.829. The molecule has 1 heterocycles. The Morgan fingerprint density at radius 2 is 2.00 bits per heavy atom. The van der Waals surface area contributed by atoms with Crippen LogP contribution in [0.5, 0.6) is 0 Å². The largest absolute Gasteiger partial charge is 0.368 e. The van der Waals surface area contributed by atoms with Crippen LogP contribution in [0.1, 0.15) is 43.5 Å². The van der Waals surface area contributed by atoms with E-state index < -0.39 is 0 Å². The van der Waals surface area contributed by atoms with E-state index in [2.05, 4.69) is 15.3 Å². The predicted octanol–water partition coefficient (Wildman–Crippen LogP) is 3.09. The Bertz CT molecular complexity index is 343. The number of hydrogen-bond acceptors (Lipinski definition) is 3. The van der Waals surface area contributed by atoms with Crippen LogP contribution in [0.3, 0.4) is 0 Å². The zero-order valence-corrected chi connectivity index (χ0v) is 10.3. The summed E-state index contributed by atoms with van der Waals surface area (Å²) in [4.78, 5) is 8.80. The summed E-state index contributed by atoms with van der Waals surface area (Å²) < 4.78 is 0. The van der Waals surface area contributed by atoms with E-state index in [1.807, 2.05) is 20.0 Å². The van der Waals surface area contributed by atoms with Crippen LogP contribution in [0.4, 0.5) is 5.82 Å². The van der Waals surface area contributed by atoms with Gasteiger partial charge in [0.25, 0.3) is 0 Å². The molecule has 2 rings (SSSR count). The number of nitrogens with zero attached hydrogens (tertiary/aromatic N) is 2. The van der Waals surface area contributed by atoms with E-state index in [1.54, 1.807) is 0 Å². The normalized spacial score (nSPS) is 17.4. The van der Waals surface area contributed by atoms with Gasteiger partial charge in [0.05, 0.1) is 11.4 Å². The van der Waals surface area contributed by atoms with Crippen LogP contribution in [0.2, 0.25) is 0 Å². The molecule has 0 aliphatic heterocycles. The van der Waals surface area contributed by atoms with E-state index >= 15 is 0 Å². The van der Waals surface area contributed by atoms with Gasteiger partial charge in [-0.25, -0.2) is 4.98 Å². The molecule has 0 bridgehead atoms. The summed E-state index contributed by atoms with van der Waals surface area (Å²) in [6.45, 7) is 5.05. The van der Waals surface area contributed by atoms with Gasteiger partial charge in [-0.15, -0.1) is 0 Å². The Balaban J connectivity index is 1.90. The molecule has 1 aliphatic rings. The second-order valence-corrected chi connectivity index (χ2v) is 4.83. The van der Waals surface area contributed by atoms with Crippen LogP contribution in [0.25, 0.3) is 0 Å². The molecule has 1 aliphatic carbocycles. The van der Waals surface area contributed by atoms with E-state index in [4.69, 9.17) is 0 Å². The lowest BCUT2D eigenvalue weighted by atomic mass is 9.89. The number of rotatable bonds is 3. The fraction of sp³-hybridized carbons (Fsp3) is 0.692. The number of aromatic nitrogens is 2. The average molecular weight is 219 g/mol. The first-order valence-corrected chi connectivity index (χ1v) is 6.30. The average Bonchev–Trinajstić information content (AvgIpc) is 2.32. The van der Waals surface area contributed by atoms with Gasteiger partial charge >= 0.3 is 0 Å². The maximum atomic E-state index is 4.48. The van der Waals surface area contributed by atoms with E-state index in [9.17, 15) is 0 Å². The van der Waals surface area contributed by atoms with Gasteiger partial charge in [0.15, 0.2) is 0 Å². The van der Waals surface area contributed by atoms with Gasteiger partial charge in [0.1, 0.15) is 5.82 Å². The highest BCUT2D eigenvalue weighted by molar-refractivity contribution is 5.39. The van der Waals surface area contributed by atoms with Crippen molar-refractivity contribution in [2.24, 2.45) is 5.92 Å². The number of anilines is 1. The number of hydrogen-bond donors (Lipinski definition) is 1. The van der Waals surface area contributed by atoms with Gasteiger partial charge < -0.3 is 5.32 Å². The molecular formula is C13H21N3. The van der Waals surface area contributed by atoms with Crippen molar-refractivity contribution in [2.75, 3.05) is 11.9 Å². The first kappa shape index (κ1) is 11.4. The van der Waals surface area contributed by atoms with Crippen molar-refractivity contribution in [1.82, 2.24) is 9.97 Å². The first-order valence-electron chi connectivity index (χ1n) is 6.30. The van der Waals surface area contributed by atoms with Gasteiger partial charge in [-0.2, -0.15) is 0 Å². The molecule has 0 atom stereocenters. The second kappa shape index (κ2) is 5.28. The Morgan fingerprint density at radius 1 is 1.25 bits per heavy atom. The summed E-state index contributed by atoms with van der Waals surface area (Å²) in [5.41, 5.74) is 1.98. The summed E-state index contributed by atoms with van der Waals surface area (Å²) in [5, 5.41) is 3.45. The van der Waals surface area contributed by atoms with Gasteiger partial charge in [-0.05, 0) is 32.6 Å². The van der Waals surface area contributed by atoms with Crippen LogP contribution in [0.15, 0.2) is 6.20 Å². The van der Waals surface area contributed by atoms with E-state index in [0.717, 1.165) is 29.7 Å². The SMILES string of the molecule is Cc1cnc(C)c(NCC2CCCCC2)n1. The topological polar surface area (TPSA) is 37.8 Å². The van der Waals surface area contributed by atoms with Crippen molar-refractivity contribution >= 4 is 5.82 Å². The Morgan fingerprint density at radius 3 is 2.75 bits per heavy atom. The van der Waals surface area contributed by atoms with Crippen LogP contribution in [-0.4, -0.2) is 16.5 Å². The first-order chi connectivity index (χ1) is 7.75. The Labute approximate surface area is 97.7 Å². The molecule has 1 saturated carbocycles. The van der Waals surface area contributed by atoms with Crippen molar-refractivity contribution < 1.29 is 0 Å². The molecular weight excluding hydrogens is 198 g/mol. The van der Waals surface area contributed by atoms with Crippen molar-refractivity contribution in [3.63, 3.8) is 0 Å². The zero-order chi connectivity index (χ0) is 11.4. The number of nitrogens with one attached hydrogen (secondary N) is 1. The minimum Gasteiger partial charge on any atom is -0.368 e. The van der Waals surface area contributed by atoms with Crippen LogP contribution in [0, 0.1) is 19.8 Å². The van der Waals surface area contributed by atoms with Crippen molar-refractivity contribution in [3.05, 3.63) is 17.6 Å². The molecule has 1 N–H and O–H groups in total. The van der Waals surface area contributed by atoms with Crippen LogP contribution < -0.4 is 5.32 Å². The van der Waals surface area contributed by atoms with E-state index in [1.165, 1.54) is 32.1 Å². The third-order valence-corrected chi connectivity index (χ3v) is 3.36. The third-order valence-electron chi connectivity index (χ3n) is 3.36. The van der Waals surface area contributed by atoms with E-state index in [-0.39, 0.29) is 0 Å². The molecule has 16 heavy (non-hydrogen) atoms. The lowest BCUT2D eigenvalue weighted by Gasteiger charge is -2.22. The molecule has 1 aromatic heterocycles.